The molecule has 0 saturated carbocycles. The third-order valence-corrected chi connectivity index (χ3v) is 2.50. The Morgan fingerprint density at radius 3 is 3.11 bits per heavy atom. The first-order chi connectivity index (χ1) is 8.78. The quantitative estimate of drug-likeness (QED) is 0.743. The van der Waals surface area contributed by atoms with Gasteiger partial charge in [0.25, 0.3) is 0 Å². The lowest BCUT2D eigenvalue weighted by Gasteiger charge is -1.96. The van der Waals surface area contributed by atoms with Crippen molar-refractivity contribution in [2.45, 2.75) is 6.61 Å². The average Bonchev–Trinajstić information content (AvgIpc) is 2.95. The molecule has 0 aliphatic rings. The van der Waals surface area contributed by atoms with Gasteiger partial charge in [-0.15, -0.1) is 10.2 Å². The topological polar surface area (TPSA) is 91.5 Å². The highest BCUT2D eigenvalue weighted by molar-refractivity contribution is 5.57. The van der Waals surface area contributed by atoms with E-state index in [0.29, 0.717) is 35.2 Å². The van der Waals surface area contributed by atoms with E-state index >= 15 is 0 Å². The minimum Gasteiger partial charge on any atom is -0.398 e. The van der Waals surface area contributed by atoms with E-state index in [1.54, 1.807) is 35.9 Å². The molecule has 2 N–H and O–H groups in total. The molecule has 0 fully saturated rings. The summed E-state index contributed by atoms with van der Waals surface area (Å²) >= 11 is 0. The standard InChI is InChI=1S/C11H11N5O2/c1-17-6-8-4-9(15-18-8)11-14-13-10-3-2-7(12)5-16(10)11/h2-5H,6,12H2,1H3. The van der Waals surface area contributed by atoms with E-state index < -0.39 is 0 Å². The van der Waals surface area contributed by atoms with Crippen LogP contribution >= 0.6 is 0 Å². The number of nitrogen functional groups attached to an aromatic ring is 1. The van der Waals surface area contributed by atoms with Crippen molar-refractivity contribution in [1.29, 1.82) is 0 Å². The van der Waals surface area contributed by atoms with Crippen LogP contribution in [0.1, 0.15) is 5.76 Å². The zero-order chi connectivity index (χ0) is 12.5. The van der Waals surface area contributed by atoms with Crippen LogP contribution in [-0.2, 0) is 11.3 Å². The summed E-state index contributed by atoms with van der Waals surface area (Å²) in [6, 6.07) is 5.33. The van der Waals surface area contributed by atoms with Crippen LogP contribution in [0.4, 0.5) is 5.69 Å². The third-order valence-electron chi connectivity index (χ3n) is 2.50. The lowest BCUT2D eigenvalue weighted by atomic mass is 10.3. The molecular formula is C11H11N5O2. The Kier molecular flexibility index (Phi) is 2.45. The maximum absolute atomic E-state index is 5.74. The van der Waals surface area contributed by atoms with Gasteiger partial charge in [0.1, 0.15) is 6.61 Å². The van der Waals surface area contributed by atoms with Crippen molar-refractivity contribution in [3.63, 3.8) is 0 Å². The van der Waals surface area contributed by atoms with Crippen LogP contribution in [0, 0.1) is 0 Å². The SMILES string of the molecule is COCc1cc(-c2nnc3ccc(N)cn23)no1. The van der Waals surface area contributed by atoms with Gasteiger partial charge in [0.05, 0.1) is 0 Å². The molecule has 0 aromatic carbocycles. The van der Waals surface area contributed by atoms with Crippen LogP contribution in [0.25, 0.3) is 17.2 Å². The Morgan fingerprint density at radius 2 is 2.28 bits per heavy atom. The number of hydrogen-bond acceptors (Lipinski definition) is 6. The van der Waals surface area contributed by atoms with Crippen molar-refractivity contribution in [2.75, 3.05) is 12.8 Å². The summed E-state index contributed by atoms with van der Waals surface area (Å²) in [6.07, 6.45) is 1.75. The van der Waals surface area contributed by atoms with Crippen molar-refractivity contribution >= 4 is 11.3 Å². The number of anilines is 1. The normalized spacial score (nSPS) is 11.2. The van der Waals surface area contributed by atoms with Gasteiger partial charge in [-0.2, -0.15) is 0 Å². The molecule has 3 aromatic rings. The smallest absolute Gasteiger partial charge is 0.190 e. The number of rotatable bonds is 3. The molecule has 0 radical (unpaired) electrons. The predicted octanol–water partition coefficient (Wildman–Crippen LogP) is 1.11. The summed E-state index contributed by atoms with van der Waals surface area (Å²) in [4.78, 5) is 0. The van der Waals surface area contributed by atoms with Crippen LogP contribution in [0.3, 0.4) is 0 Å². The molecule has 7 nitrogen and oxygen atoms in total. The van der Waals surface area contributed by atoms with Crippen LogP contribution in [-0.4, -0.2) is 26.9 Å². The largest absolute Gasteiger partial charge is 0.398 e. The first-order valence-electron chi connectivity index (χ1n) is 5.33. The minimum absolute atomic E-state index is 0.367. The second kappa shape index (κ2) is 4.11. The molecule has 0 aliphatic carbocycles. The molecule has 3 aromatic heterocycles. The predicted molar refractivity (Wildman–Crippen MR) is 63.6 cm³/mol. The number of hydrogen-bond donors (Lipinski definition) is 1. The summed E-state index contributed by atoms with van der Waals surface area (Å²) in [6.45, 7) is 0.367. The van der Waals surface area contributed by atoms with E-state index in [2.05, 4.69) is 15.4 Å². The first-order valence-corrected chi connectivity index (χ1v) is 5.33. The maximum atomic E-state index is 5.74. The van der Waals surface area contributed by atoms with Crippen molar-refractivity contribution in [2.24, 2.45) is 0 Å². The highest BCUT2D eigenvalue weighted by atomic mass is 16.5. The summed E-state index contributed by atoms with van der Waals surface area (Å²) in [5.41, 5.74) is 7.67. The van der Waals surface area contributed by atoms with E-state index in [-0.39, 0.29) is 0 Å². The molecule has 92 valence electrons. The van der Waals surface area contributed by atoms with Gasteiger partial charge in [0.2, 0.25) is 0 Å². The molecule has 18 heavy (non-hydrogen) atoms. The summed E-state index contributed by atoms with van der Waals surface area (Å²) in [5.74, 6) is 1.22. The zero-order valence-corrected chi connectivity index (χ0v) is 9.70. The molecular weight excluding hydrogens is 234 g/mol. The lowest BCUT2D eigenvalue weighted by molar-refractivity contribution is 0.156. The lowest BCUT2D eigenvalue weighted by Crippen LogP contribution is -1.92. The van der Waals surface area contributed by atoms with Crippen molar-refractivity contribution in [3.05, 3.63) is 30.2 Å². The van der Waals surface area contributed by atoms with Crippen LogP contribution in [0.15, 0.2) is 28.9 Å². The molecule has 0 amide bonds. The fourth-order valence-electron chi connectivity index (χ4n) is 1.71. The van der Waals surface area contributed by atoms with Crippen molar-refractivity contribution in [1.82, 2.24) is 19.8 Å². The molecule has 3 heterocycles. The van der Waals surface area contributed by atoms with Gasteiger partial charge in [-0.3, -0.25) is 4.40 Å². The Balaban J connectivity index is 2.09. The molecule has 0 aliphatic heterocycles. The number of ether oxygens (including phenoxy) is 1. The molecule has 0 bridgehead atoms. The van der Waals surface area contributed by atoms with E-state index in [4.69, 9.17) is 15.0 Å². The van der Waals surface area contributed by atoms with Crippen molar-refractivity contribution in [3.8, 4) is 11.5 Å². The zero-order valence-electron chi connectivity index (χ0n) is 9.70. The first kappa shape index (κ1) is 10.7. The fraction of sp³-hybridized carbons (Fsp3) is 0.182. The molecule has 3 rings (SSSR count). The number of nitrogens with two attached hydrogens (primary N) is 1. The summed E-state index contributed by atoms with van der Waals surface area (Å²) in [7, 11) is 1.59. The number of pyridine rings is 1. The van der Waals surface area contributed by atoms with Gasteiger partial charge in [-0.25, -0.2) is 0 Å². The Bertz CT molecular complexity index is 688. The van der Waals surface area contributed by atoms with Gasteiger partial charge in [-0.1, -0.05) is 5.16 Å². The van der Waals surface area contributed by atoms with Crippen LogP contribution < -0.4 is 5.73 Å². The summed E-state index contributed by atoms with van der Waals surface area (Å²) < 4.78 is 11.9. The van der Waals surface area contributed by atoms with E-state index in [1.807, 2.05) is 0 Å². The molecule has 0 unspecified atom stereocenters. The summed E-state index contributed by atoms with van der Waals surface area (Å²) in [5, 5.41) is 12.0. The number of aromatic nitrogens is 4. The second-order valence-corrected chi connectivity index (χ2v) is 3.83. The maximum Gasteiger partial charge on any atom is 0.190 e. The van der Waals surface area contributed by atoms with Crippen LogP contribution in [0.5, 0.6) is 0 Å². The Hall–Kier alpha value is -2.41. The average molecular weight is 245 g/mol. The van der Waals surface area contributed by atoms with Gasteiger partial charge in [0.15, 0.2) is 22.9 Å². The van der Waals surface area contributed by atoms with E-state index in [0.717, 1.165) is 0 Å². The molecule has 0 atom stereocenters. The number of nitrogens with zero attached hydrogens (tertiary/aromatic N) is 4. The van der Waals surface area contributed by atoms with Gasteiger partial charge >= 0.3 is 0 Å². The van der Waals surface area contributed by atoms with E-state index in [1.165, 1.54) is 0 Å². The van der Waals surface area contributed by atoms with Gasteiger partial charge < -0.3 is 15.0 Å². The van der Waals surface area contributed by atoms with Gasteiger partial charge in [0, 0.05) is 25.1 Å². The van der Waals surface area contributed by atoms with Crippen molar-refractivity contribution < 1.29 is 9.26 Å². The van der Waals surface area contributed by atoms with E-state index in [9.17, 15) is 0 Å². The molecule has 0 saturated heterocycles. The second-order valence-electron chi connectivity index (χ2n) is 3.83. The Labute approximate surface area is 102 Å². The third kappa shape index (κ3) is 1.70. The minimum atomic E-state index is 0.367. The fourth-order valence-corrected chi connectivity index (χ4v) is 1.71. The highest BCUT2D eigenvalue weighted by Gasteiger charge is 2.13. The molecule has 7 heteroatoms. The van der Waals surface area contributed by atoms with Gasteiger partial charge in [-0.05, 0) is 12.1 Å². The number of fused-ring (bicyclic) bond motifs is 1. The molecule has 0 spiro atoms. The Morgan fingerprint density at radius 1 is 1.39 bits per heavy atom. The van der Waals surface area contributed by atoms with Crippen LogP contribution in [0.2, 0.25) is 0 Å². The number of methoxy groups -OCH3 is 1. The monoisotopic (exact) mass is 245 g/mol. The highest BCUT2D eigenvalue weighted by Crippen LogP contribution is 2.19.